The van der Waals surface area contributed by atoms with Crippen molar-refractivity contribution in [3.8, 4) is 5.75 Å². The Morgan fingerprint density at radius 2 is 1.65 bits per heavy atom. The number of alkyl halides is 3. The maximum atomic E-state index is 12.5. The molecule has 0 unspecified atom stereocenters. The van der Waals surface area contributed by atoms with Crippen LogP contribution in [0.3, 0.4) is 0 Å². The van der Waals surface area contributed by atoms with E-state index in [1.807, 2.05) is 6.07 Å². The van der Waals surface area contributed by atoms with Crippen LogP contribution in [-0.4, -0.2) is 17.2 Å². The summed E-state index contributed by atoms with van der Waals surface area (Å²) in [5.74, 6) is -1.19. The van der Waals surface area contributed by atoms with Gasteiger partial charge in [-0.1, -0.05) is 36.4 Å². The van der Waals surface area contributed by atoms with Crippen LogP contribution in [0.15, 0.2) is 60.7 Å². The Morgan fingerprint density at radius 1 is 1.04 bits per heavy atom. The van der Waals surface area contributed by atoms with E-state index in [1.54, 1.807) is 30.3 Å². The van der Waals surface area contributed by atoms with Gasteiger partial charge in [-0.25, -0.2) is 4.79 Å². The number of aliphatic carboxylic acids is 1. The Kier molecular flexibility index (Phi) is 5.05. The number of carbonyl (C=O) groups is 1. The van der Waals surface area contributed by atoms with Crippen molar-refractivity contribution in [1.82, 2.24) is 0 Å². The van der Waals surface area contributed by atoms with Gasteiger partial charge in [-0.05, 0) is 35.9 Å². The molecule has 0 bridgehead atoms. The van der Waals surface area contributed by atoms with E-state index in [4.69, 9.17) is 9.84 Å². The number of hydrogen-bond donors (Lipinski definition) is 1. The van der Waals surface area contributed by atoms with Crippen LogP contribution in [0.2, 0.25) is 0 Å². The number of ether oxygens (including phenoxy) is 1. The topological polar surface area (TPSA) is 46.5 Å². The second-order valence-corrected chi connectivity index (χ2v) is 4.67. The van der Waals surface area contributed by atoms with Gasteiger partial charge in [0.2, 0.25) is 6.10 Å². The molecular formula is C17H13F3O3. The first-order valence-electron chi connectivity index (χ1n) is 6.66. The smallest absolute Gasteiger partial charge is 0.416 e. The average molecular weight is 322 g/mol. The van der Waals surface area contributed by atoms with Crippen LogP contribution >= 0.6 is 0 Å². The quantitative estimate of drug-likeness (QED) is 0.895. The van der Waals surface area contributed by atoms with Crippen molar-refractivity contribution in [1.29, 1.82) is 0 Å². The number of carboxylic acids is 1. The minimum Gasteiger partial charge on any atom is -0.478 e. The molecule has 1 N–H and O–H groups in total. The first-order valence-corrected chi connectivity index (χ1v) is 6.66. The normalized spacial score (nSPS) is 13.0. The first-order chi connectivity index (χ1) is 10.9. The molecule has 120 valence electrons. The molecule has 2 aromatic carbocycles. The van der Waals surface area contributed by atoms with Crippen LogP contribution in [0, 0.1) is 0 Å². The molecule has 0 aliphatic heterocycles. The zero-order chi connectivity index (χ0) is 16.9. The average Bonchev–Trinajstić information content (AvgIpc) is 2.51. The molecule has 0 heterocycles. The fourth-order valence-corrected chi connectivity index (χ4v) is 1.80. The van der Waals surface area contributed by atoms with Gasteiger partial charge in [-0.3, -0.25) is 0 Å². The summed E-state index contributed by atoms with van der Waals surface area (Å²) < 4.78 is 42.6. The molecule has 0 radical (unpaired) electrons. The lowest BCUT2D eigenvalue weighted by molar-refractivity contribution is -0.143. The third kappa shape index (κ3) is 4.88. The number of rotatable bonds is 5. The van der Waals surface area contributed by atoms with E-state index in [1.165, 1.54) is 6.08 Å². The first kappa shape index (κ1) is 16.6. The van der Waals surface area contributed by atoms with Crippen LogP contribution in [-0.2, 0) is 11.0 Å². The summed E-state index contributed by atoms with van der Waals surface area (Å²) in [4.78, 5) is 11.2. The van der Waals surface area contributed by atoms with Crippen LogP contribution in [0.25, 0.3) is 6.08 Å². The number of carboxylic acid groups (broad SMARTS) is 1. The summed E-state index contributed by atoms with van der Waals surface area (Å²) in [6.07, 6.45) is -2.84. The highest BCUT2D eigenvalue weighted by Crippen LogP contribution is 2.30. The minimum atomic E-state index is -4.45. The summed E-state index contributed by atoms with van der Waals surface area (Å²) in [6.45, 7) is 0. The van der Waals surface area contributed by atoms with E-state index >= 15 is 0 Å². The van der Waals surface area contributed by atoms with Crippen LogP contribution < -0.4 is 4.74 Å². The van der Waals surface area contributed by atoms with Gasteiger partial charge in [0.15, 0.2) is 0 Å². The van der Waals surface area contributed by atoms with Crippen molar-refractivity contribution < 1.29 is 27.8 Å². The number of benzene rings is 2. The van der Waals surface area contributed by atoms with Gasteiger partial charge in [0, 0.05) is 0 Å². The van der Waals surface area contributed by atoms with Crippen molar-refractivity contribution >= 4 is 12.0 Å². The maximum Gasteiger partial charge on any atom is 0.416 e. The Morgan fingerprint density at radius 3 is 2.17 bits per heavy atom. The van der Waals surface area contributed by atoms with Crippen LogP contribution in [0.5, 0.6) is 5.75 Å². The zero-order valence-corrected chi connectivity index (χ0v) is 11.8. The van der Waals surface area contributed by atoms with E-state index < -0.39 is 23.8 Å². The van der Waals surface area contributed by atoms with Gasteiger partial charge in [0.05, 0.1) is 5.56 Å². The second-order valence-electron chi connectivity index (χ2n) is 4.67. The summed E-state index contributed by atoms with van der Waals surface area (Å²) in [5.41, 5.74) is -0.0358. The lowest BCUT2D eigenvalue weighted by Crippen LogP contribution is -2.24. The fraction of sp³-hybridized carbons (Fsp3) is 0.118. The molecule has 0 spiro atoms. The minimum absolute atomic E-state index is 0.0445. The molecule has 0 fully saturated rings. The molecule has 3 nitrogen and oxygen atoms in total. The van der Waals surface area contributed by atoms with Crippen molar-refractivity contribution in [3.05, 3.63) is 71.8 Å². The van der Waals surface area contributed by atoms with Crippen molar-refractivity contribution in [2.75, 3.05) is 0 Å². The van der Waals surface area contributed by atoms with Gasteiger partial charge in [-0.15, -0.1) is 0 Å². The van der Waals surface area contributed by atoms with Crippen molar-refractivity contribution in [3.63, 3.8) is 0 Å². The highest BCUT2D eigenvalue weighted by Gasteiger charge is 2.30. The van der Waals surface area contributed by atoms with Crippen LogP contribution in [0.4, 0.5) is 13.2 Å². The molecule has 0 saturated heterocycles. The SMILES string of the molecule is O=C(O)[C@@H](C=Cc1ccccc1)Oc1ccc(C(F)(F)F)cc1. The summed E-state index contributed by atoms with van der Waals surface area (Å²) in [7, 11) is 0. The molecule has 2 aromatic rings. The summed E-state index contributed by atoms with van der Waals surface area (Å²) in [6, 6.07) is 12.9. The highest BCUT2D eigenvalue weighted by atomic mass is 19.4. The van der Waals surface area contributed by atoms with Gasteiger partial charge in [0.25, 0.3) is 0 Å². The van der Waals surface area contributed by atoms with Gasteiger partial charge in [-0.2, -0.15) is 13.2 Å². The Bertz CT molecular complexity index is 676. The lowest BCUT2D eigenvalue weighted by Gasteiger charge is -2.13. The van der Waals surface area contributed by atoms with E-state index in [9.17, 15) is 18.0 Å². The Hall–Kier alpha value is -2.76. The molecule has 0 aliphatic carbocycles. The molecule has 0 saturated carbocycles. The fourth-order valence-electron chi connectivity index (χ4n) is 1.80. The molecule has 0 amide bonds. The second kappa shape index (κ2) is 7.00. The molecule has 0 aliphatic rings. The van der Waals surface area contributed by atoms with Crippen molar-refractivity contribution in [2.24, 2.45) is 0 Å². The summed E-state index contributed by atoms with van der Waals surface area (Å²) in [5, 5.41) is 9.14. The van der Waals surface area contributed by atoms with Gasteiger partial charge < -0.3 is 9.84 Å². The van der Waals surface area contributed by atoms with E-state index in [2.05, 4.69) is 0 Å². The molecule has 0 aromatic heterocycles. The third-order valence-corrected chi connectivity index (χ3v) is 2.95. The standard InChI is InChI=1S/C17H13F3O3/c18-17(19,20)13-7-9-14(10-8-13)23-15(16(21)22)11-6-12-4-2-1-3-5-12/h1-11,15H,(H,21,22)/t15-/m1/s1. The monoisotopic (exact) mass is 322 g/mol. The predicted molar refractivity (Wildman–Crippen MR) is 79.0 cm³/mol. The van der Waals surface area contributed by atoms with Crippen LogP contribution in [0.1, 0.15) is 11.1 Å². The van der Waals surface area contributed by atoms with Crippen molar-refractivity contribution in [2.45, 2.75) is 12.3 Å². The van der Waals surface area contributed by atoms with Gasteiger partial charge in [0.1, 0.15) is 5.75 Å². The lowest BCUT2D eigenvalue weighted by atomic mass is 10.2. The van der Waals surface area contributed by atoms with E-state index in [-0.39, 0.29) is 5.75 Å². The maximum absolute atomic E-state index is 12.5. The van der Waals surface area contributed by atoms with E-state index in [0.717, 1.165) is 29.8 Å². The molecule has 6 heteroatoms. The summed E-state index contributed by atoms with van der Waals surface area (Å²) >= 11 is 0. The third-order valence-electron chi connectivity index (χ3n) is 2.95. The molecule has 23 heavy (non-hydrogen) atoms. The Balaban J connectivity index is 2.11. The Labute approximate surface area is 130 Å². The largest absolute Gasteiger partial charge is 0.478 e. The van der Waals surface area contributed by atoms with Gasteiger partial charge >= 0.3 is 12.1 Å². The molecule has 1 atom stereocenters. The van der Waals surface area contributed by atoms with E-state index in [0.29, 0.717) is 0 Å². The zero-order valence-electron chi connectivity index (χ0n) is 11.8. The molecular weight excluding hydrogens is 309 g/mol. The molecule has 2 rings (SSSR count). The number of hydrogen-bond acceptors (Lipinski definition) is 2. The highest BCUT2D eigenvalue weighted by molar-refractivity contribution is 5.76. The number of halogens is 3. The predicted octanol–water partition coefficient (Wildman–Crippen LogP) is 4.25.